The summed E-state index contributed by atoms with van der Waals surface area (Å²) >= 11 is 1.24. The van der Waals surface area contributed by atoms with Crippen molar-refractivity contribution in [3.8, 4) is 0 Å². The lowest BCUT2D eigenvalue weighted by Crippen LogP contribution is -2.17. The third kappa shape index (κ3) is 3.34. The summed E-state index contributed by atoms with van der Waals surface area (Å²) in [5.41, 5.74) is 5.70. The first-order chi connectivity index (χ1) is 7.54. The van der Waals surface area contributed by atoms with Crippen molar-refractivity contribution in [2.45, 2.75) is 26.7 Å². The minimum Gasteiger partial charge on any atom is -0.365 e. The number of anilines is 1. The molecular formula is C11H16N2O2S. The van der Waals surface area contributed by atoms with Gasteiger partial charge in [0, 0.05) is 6.42 Å². The molecule has 1 rings (SSSR count). The molecule has 1 atom stereocenters. The third-order valence-corrected chi connectivity index (χ3v) is 3.32. The highest BCUT2D eigenvalue weighted by Crippen LogP contribution is 2.22. The van der Waals surface area contributed by atoms with Gasteiger partial charge in [-0.1, -0.05) is 20.3 Å². The van der Waals surface area contributed by atoms with Crippen molar-refractivity contribution in [1.29, 1.82) is 0 Å². The van der Waals surface area contributed by atoms with E-state index in [4.69, 9.17) is 5.73 Å². The maximum atomic E-state index is 11.6. The van der Waals surface area contributed by atoms with Crippen LogP contribution in [0, 0.1) is 5.92 Å². The lowest BCUT2D eigenvalue weighted by Gasteiger charge is -2.08. The number of carbonyl (C=O) groups excluding carboxylic acids is 2. The summed E-state index contributed by atoms with van der Waals surface area (Å²) in [6.45, 7) is 4.06. The molecule has 0 unspecified atom stereocenters. The average molecular weight is 240 g/mol. The second-order valence-electron chi connectivity index (χ2n) is 3.79. The predicted octanol–water partition coefficient (Wildman–Crippen LogP) is 2.22. The van der Waals surface area contributed by atoms with Crippen LogP contribution in [0.5, 0.6) is 0 Å². The summed E-state index contributed by atoms with van der Waals surface area (Å²) in [7, 11) is 0. The fraction of sp³-hybridized carbons (Fsp3) is 0.455. The van der Waals surface area contributed by atoms with Crippen LogP contribution in [0.25, 0.3) is 0 Å². The molecule has 1 aromatic rings. The van der Waals surface area contributed by atoms with Gasteiger partial charge in [0.05, 0.1) is 5.69 Å². The molecule has 3 N–H and O–H groups in total. The van der Waals surface area contributed by atoms with Gasteiger partial charge in [0.15, 0.2) is 0 Å². The van der Waals surface area contributed by atoms with Crippen LogP contribution in [-0.2, 0) is 4.79 Å². The van der Waals surface area contributed by atoms with Gasteiger partial charge in [0.2, 0.25) is 5.91 Å². The molecule has 0 fully saturated rings. The fourth-order valence-electron chi connectivity index (χ4n) is 1.26. The van der Waals surface area contributed by atoms with Crippen LogP contribution in [0.3, 0.4) is 0 Å². The number of hydrogen-bond acceptors (Lipinski definition) is 3. The van der Waals surface area contributed by atoms with E-state index in [9.17, 15) is 9.59 Å². The van der Waals surface area contributed by atoms with Gasteiger partial charge >= 0.3 is 0 Å². The number of hydrogen-bond donors (Lipinski definition) is 2. The Hall–Kier alpha value is -1.36. The normalized spacial score (nSPS) is 12.1. The van der Waals surface area contributed by atoms with Gasteiger partial charge in [0.1, 0.15) is 4.88 Å². The highest BCUT2D eigenvalue weighted by atomic mass is 32.1. The lowest BCUT2D eigenvalue weighted by atomic mass is 10.1. The summed E-state index contributed by atoms with van der Waals surface area (Å²) in [5.74, 6) is -0.236. The summed E-state index contributed by atoms with van der Waals surface area (Å²) < 4.78 is 0. The summed E-state index contributed by atoms with van der Waals surface area (Å²) in [4.78, 5) is 23.0. The second-order valence-corrected chi connectivity index (χ2v) is 4.71. The molecule has 16 heavy (non-hydrogen) atoms. The van der Waals surface area contributed by atoms with Gasteiger partial charge in [-0.25, -0.2) is 0 Å². The molecule has 2 amide bonds. The first-order valence-electron chi connectivity index (χ1n) is 5.21. The number of primary amides is 1. The largest absolute Gasteiger partial charge is 0.365 e. The molecule has 0 saturated carbocycles. The summed E-state index contributed by atoms with van der Waals surface area (Å²) in [6, 6.07) is 1.69. The molecule has 0 spiro atoms. The molecule has 5 heteroatoms. The maximum Gasteiger partial charge on any atom is 0.260 e. The van der Waals surface area contributed by atoms with Crippen molar-refractivity contribution in [3.63, 3.8) is 0 Å². The predicted molar refractivity (Wildman–Crippen MR) is 65.5 cm³/mol. The van der Waals surface area contributed by atoms with Gasteiger partial charge in [-0.3, -0.25) is 9.59 Å². The van der Waals surface area contributed by atoms with Crippen LogP contribution >= 0.6 is 11.3 Å². The fourth-order valence-corrected chi connectivity index (χ4v) is 1.96. The Balaban J connectivity index is 2.63. The number of amides is 2. The van der Waals surface area contributed by atoms with Crippen molar-refractivity contribution in [3.05, 3.63) is 16.3 Å². The number of rotatable bonds is 5. The standard InChI is InChI=1S/C11H16N2O2S/c1-3-7(2)6-9(14)13-8-4-5-16-10(8)11(12)15/h4-5,7H,3,6H2,1-2H3,(H2,12,15)(H,13,14)/t7-/m1/s1. The maximum absolute atomic E-state index is 11.6. The van der Waals surface area contributed by atoms with Gasteiger partial charge in [-0.05, 0) is 17.4 Å². The van der Waals surface area contributed by atoms with Crippen LogP contribution in [0.4, 0.5) is 5.69 Å². The SMILES string of the molecule is CC[C@@H](C)CC(=O)Nc1ccsc1C(N)=O. The minimum absolute atomic E-state index is 0.0738. The highest BCUT2D eigenvalue weighted by Gasteiger charge is 2.13. The minimum atomic E-state index is -0.506. The molecule has 0 bridgehead atoms. The Bertz CT molecular complexity index is 387. The molecule has 0 saturated heterocycles. The van der Waals surface area contributed by atoms with E-state index in [2.05, 4.69) is 5.32 Å². The molecule has 0 aliphatic carbocycles. The van der Waals surface area contributed by atoms with E-state index in [0.29, 0.717) is 22.9 Å². The van der Waals surface area contributed by atoms with Crippen molar-refractivity contribution in [1.82, 2.24) is 0 Å². The quantitative estimate of drug-likeness (QED) is 0.828. The lowest BCUT2D eigenvalue weighted by molar-refractivity contribution is -0.117. The van der Waals surface area contributed by atoms with E-state index in [1.54, 1.807) is 11.4 Å². The summed E-state index contributed by atoms with van der Waals surface area (Å²) in [5, 5.41) is 4.44. The van der Waals surface area contributed by atoms with Crippen molar-refractivity contribution in [2.24, 2.45) is 11.7 Å². The van der Waals surface area contributed by atoms with Crippen molar-refractivity contribution in [2.75, 3.05) is 5.32 Å². The molecule has 1 heterocycles. The molecule has 0 aromatic carbocycles. The van der Waals surface area contributed by atoms with Crippen LogP contribution in [0.2, 0.25) is 0 Å². The summed E-state index contributed by atoms with van der Waals surface area (Å²) in [6.07, 6.45) is 1.42. The number of thiophene rings is 1. The van der Waals surface area contributed by atoms with Gasteiger partial charge in [-0.15, -0.1) is 11.3 Å². The van der Waals surface area contributed by atoms with E-state index in [0.717, 1.165) is 6.42 Å². The Labute approximate surface area is 98.8 Å². The first kappa shape index (κ1) is 12.7. The molecule has 4 nitrogen and oxygen atoms in total. The Morgan fingerprint density at radius 3 is 2.81 bits per heavy atom. The van der Waals surface area contributed by atoms with Crippen LogP contribution < -0.4 is 11.1 Å². The molecule has 1 aromatic heterocycles. The van der Waals surface area contributed by atoms with E-state index in [-0.39, 0.29) is 5.91 Å². The van der Waals surface area contributed by atoms with E-state index in [1.165, 1.54) is 11.3 Å². The zero-order valence-corrected chi connectivity index (χ0v) is 10.3. The monoisotopic (exact) mass is 240 g/mol. The van der Waals surface area contributed by atoms with Gasteiger partial charge < -0.3 is 11.1 Å². The van der Waals surface area contributed by atoms with Crippen LogP contribution in [-0.4, -0.2) is 11.8 Å². The average Bonchev–Trinajstić information content (AvgIpc) is 2.65. The van der Waals surface area contributed by atoms with Crippen molar-refractivity contribution < 1.29 is 9.59 Å². The zero-order chi connectivity index (χ0) is 12.1. The van der Waals surface area contributed by atoms with Crippen molar-refractivity contribution >= 4 is 28.8 Å². The topological polar surface area (TPSA) is 72.2 Å². The van der Waals surface area contributed by atoms with Crippen LogP contribution in [0.1, 0.15) is 36.4 Å². The molecule has 0 aliphatic heterocycles. The Morgan fingerprint density at radius 2 is 2.25 bits per heavy atom. The highest BCUT2D eigenvalue weighted by molar-refractivity contribution is 7.12. The first-order valence-corrected chi connectivity index (χ1v) is 6.09. The molecule has 0 radical (unpaired) electrons. The van der Waals surface area contributed by atoms with E-state index >= 15 is 0 Å². The second kappa shape index (κ2) is 5.65. The molecule has 88 valence electrons. The Morgan fingerprint density at radius 1 is 1.56 bits per heavy atom. The molecular weight excluding hydrogens is 224 g/mol. The smallest absolute Gasteiger partial charge is 0.260 e. The number of carbonyl (C=O) groups is 2. The van der Waals surface area contributed by atoms with Gasteiger partial charge in [-0.2, -0.15) is 0 Å². The Kier molecular flexibility index (Phi) is 4.49. The zero-order valence-electron chi connectivity index (χ0n) is 9.45. The van der Waals surface area contributed by atoms with E-state index < -0.39 is 5.91 Å². The van der Waals surface area contributed by atoms with E-state index in [1.807, 2.05) is 13.8 Å². The third-order valence-electron chi connectivity index (χ3n) is 2.39. The van der Waals surface area contributed by atoms with Crippen LogP contribution in [0.15, 0.2) is 11.4 Å². The molecule has 0 aliphatic rings. The number of nitrogens with one attached hydrogen (secondary N) is 1. The van der Waals surface area contributed by atoms with Gasteiger partial charge in [0.25, 0.3) is 5.91 Å². The number of nitrogens with two attached hydrogens (primary N) is 1.